The van der Waals surface area contributed by atoms with Gasteiger partial charge in [0.1, 0.15) is 8.07 Å². The standard InChI is InChI=1S/C42H30N4Si/c1-47(2)36-24-14-11-21-32(36)39-41(47)38(27-15-5-3-6-16-27)43-42(44-39)46-34-23-13-10-20-31(34)37-35(46)26-25-30-29-19-9-12-22-33(29)45(40(30)37)28-17-7-4-8-18-28/h3-26H,1-2H3. The molecule has 0 aliphatic carbocycles. The lowest BCUT2D eigenvalue weighted by molar-refractivity contribution is 1.00. The fourth-order valence-electron chi connectivity index (χ4n) is 8.08. The fraction of sp³-hybridized carbons (Fsp3) is 0.0476. The van der Waals surface area contributed by atoms with Crippen molar-refractivity contribution in [1.29, 1.82) is 0 Å². The molecule has 222 valence electrons. The third-order valence-electron chi connectivity index (χ3n) is 10.1. The first kappa shape index (κ1) is 26.4. The second-order valence-electron chi connectivity index (χ2n) is 13.0. The lowest BCUT2D eigenvalue weighted by Gasteiger charge is -2.21. The average molecular weight is 619 g/mol. The molecular weight excluding hydrogens is 589 g/mol. The molecule has 3 aromatic heterocycles. The summed E-state index contributed by atoms with van der Waals surface area (Å²) >= 11 is 0. The Morgan fingerprint density at radius 3 is 1.89 bits per heavy atom. The highest BCUT2D eigenvalue weighted by Crippen LogP contribution is 2.42. The van der Waals surface area contributed by atoms with E-state index >= 15 is 0 Å². The lowest BCUT2D eigenvalue weighted by atomic mass is 10.1. The van der Waals surface area contributed by atoms with Crippen LogP contribution >= 0.6 is 0 Å². The third-order valence-corrected chi connectivity index (χ3v) is 13.6. The highest BCUT2D eigenvalue weighted by atomic mass is 28.3. The van der Waals surface area contributed by atoms with Crippen LogP contribution in [-0.2, 0) is 0 Å². The van der Waals surface area contributed by atoms with Gasteiger partial charge in [0.2, 0.25) is 5.95 Å². The van der Waals surface area contributed by atoms with Gasteiger partial charge in [0.15, 0.2) is 0 Å². The predicted molar refractivity (Wildman–Crippen MR) is 198 cm³/mol. The van der Waals surface area contributed by atoms with Gasteiger partial charge in [0, 0.05) is 32.8 Å². The molecule has 5 heteroatoms. The summed E-state index contributed by atoms with van der Waals surface area (Å²) in [7, 11) is -2.06. The Morgan fingerprint density at radius 2 is 1.11 bits per heavy atom. The molecule has 4 heterocycles. The zero-order valence-electron chi connectivity index (χ0n) is 26.1. The van der Waals surface area contributed by atoms with Gasteiger partial charge >= 0.3 is 0 Å². The van der Waals surface area contributed by atoms with Gasteiger partial charge in [-0.1, -0.05) is 128 Å². The number of rotatable bonds is 3. The summed E-state index contributed by atoms with van der Waals surface area (Å²) in [5.74, 6) is 0.706. The number of aromatic nitrogens is 4. The molecule has 47 heavy (non-hydrogen) atoms. The van der Waals surface area contributed by atoms with Crippen molar-refractivity contribution in [3.05, 3.63) is 146 Å². The maximum Gasteiger partial charge on any atom is 0.235 e. The van der Waals surface area contributed by atoms with E-state index < -0.39 is 8.07 Å². The Morgan fingerprint density at radius 1 is 0.489 bits per heavy atom. The zero-order chi connectivity index (χ0) is 31.3. The Kier molecular flexibility index (Phi) is 5.41. The van der Waals surface area contributed by atoms with Crippen molar-refractivity contribution in [2.75, 3.05) is 0 Å². The molecule has 6 aromatic carbocycles. The minimum absolute atomic E-state index is 0.706. The van der Waals surface area contributed by atoms with Crippen LogP contribution in [-0.4, -0.2) is 27.2 Å². The van der Waals surface area contributed by atoms with Crippen molar-refractivity contribution in [3.63, 3.8) is 0 Å². The first-order valence-electron chi connectivity index (χ1n) is 16.2. The van der Waals surface area contributed by atoms with Gasteiger partial charge in [-0.05, 0) is 46.3 Å². The molecule has 0 spiro atoms. The van der Waals surface area contributed by atoms with Crippen molar-refractivity contribution < 1.29 is 0 Å². The monoisotopic (exact) mass is 618 g/mol. The van der Waals surface area contributed by atoms with E-state index in [4.69, 9.17) is 9.97 Å². The number of hydrogen-bond donors (Lipinski definition) is 0. The number of nitrogens with zero attached hydrogens (tertiary/aromatic N) is 4. The largest absolute Gasteiger partial charge is 0.309 e. The van der Waals surface area contributed by atoms with Gasteiger partial charge in [-0.2, -0.15) is 0 Å². The molecule has 0 amide bonds. The van der Waals surface area contributed by atoms with E-state index in [0.717, 1.165) is 33.7 Å². The zero-order valence-corrected chi connectivity index (χ0v) is 27.1. The molecule has 0 atom stereocenters. The molecule has 0 saturated carbocycles. The van der Waals surface area contributed by atoms with E-state index in [1.54, 1.807) is 0 Å². The summed E-state index contributed by atoms with van der Waals surface area (Å²) in [6.45, 7) is 4.87. The van der Waals surface area contributed by atoms with Crippen LogP contribution in [0.1, 0.15) is 0 Å². The molecule has 0 fully saturated rings. The van der Waals surface area contributed by atoms with Gasteiger partial charge in [-0.25, -0.2) is 9.97 Å². The quantitative estimate of drug-likeness (QED) is 0.185. The van der Waals surface area contributed by atoms with Crippen LogP contribution < -0.4 is 10.4 Å². The van der Waals surface area contributed by atoms with E-state index in [2.05, 4.69) is 168 Å². The molecule has 0 unspecified atom stereocenters. The van der Waals surface area contributed by atoms with Gasteiger partial charge in [0.05, 0.1) is 33.5 Å². The van der Waals surface area contributed by atoms with Crippen LogP contribution in [0.2, 0.25) is 13.1 Å². The molecule has 10 rings (SSSR count). The van der Waals surface area contributed by atoms with Crippen LogP contribution in [0.15, 0.2) is 146 Å². The molecule has 0 bridgehead atoms. The van der Waals surface area contributed by atoms with E-state index in [9.17, 15) is 0 Å². The SMILES string of the molecule is C[Si]1(C)c2ccccc2-c2nc(-n3c4ccccc4c4c3ccc3c5ccccc5n(-c5ccccc5)c34)nc(-c3ccccc3)c21. The summed E-state index contributed by atoms with van der Waals surface area (Å²) in [4.78, 5) is 11.0. The lowest BCUT2D eigenvalue weighted by Crippen LogP contribution is -2.50. The Bertz CT molecular complexity index is 2700. The molecule has 0 N–H and O–H groups in total. The number of hydrogen-bond acceptors (Lipinski definition) is 2. The summed E-state index contributed by atoms with van der Waals surface area (Å²) in [6.07, 6.45) is 0. The number of benzene rings is 6. The fourth-order valence-corrected chi connectivity index (χ4v) is 11.3. The molecule has 4 nitrogen and oxygen atoms in total. The minimum Gasteiger partial charge on any atom is -0.309 e. The highest BCUT2D eigenvalue weighted by Gasteiger charge is 2.42. The summed E-state index contributed by atoms with van der Waals surface area (Å²) in [5, 5.41) is 7.62. The Hall–Kier alpha value is -5.78. The van der Waals surface area contributed by atoms with Crippen molar-refractivity contribution in [3.8, 4) is 34.2 Å². The number of fused-ring (bicyclic) bond motifs is 10. The van der Waals surface area contributed by atoms with Crippen LogP contribution in [0.5, 0.6) is 0 Å². The van der Waals surface area contributed by atoms with Crippen molar-refractivity contribution in [1.82, 2.24) is 19.1 Å². The maximum absolute atomic E-state index is 5.52. The van der Waals surface area contributed by atoms with Gasteiger partial charge in [-0.3, -0.25) is 4.57 Å². The highest BCUT2D eigenvalue weighted by molar-refractivity contribution is 7.04. The summed E-state index contributed by atoms with van der Waals surface area (Å²) in [5.41, 5.74) is 10.2. The molecular formula is C42H30N4Si. The van der Waals surface area contributed by atoms with Crippen LogP contribution in [0, 0.1) is 0 Å². The van der Waals surface area contributed by atoms with Crippen molar-refractivity contribution >= 4 is 62.1 Å². The van der Waals surface area contributed by atoms with Crippen molar-refractivity contribution in [2.24, 2.45) is 0 Å². The summed E-state index contributed by atoms with van der Waals surface area (Å²) < 4.78 is 4.71. The third kappa shape index (κ3) is 3.57. The van der Waals surface area contributed by atoms with E-state index in [1.165, 1.54) is 48.5 Å². The van der Waals surface area contributed by atoms with E-state index in [-0.39, 0.29) is 0 Å². The minimum atomic E-state index is -2.06. The Labute approximate surface area is 273 Å². The van der Waals surface area contributed by atoms with Gasteiger partial charge in [0.25, 0.3) is 0 Å². The smallest absolute Gasteiger partial charge is 0.235 e. The Balaban J connectivity index is 1.37. The summed E-state index contributed by atoms with van der Waals surface area (Å²) in [6, 6.07) is 52.2. The van der Waals surface area contributed by atoms with E-state index in [1.807, 2.05) is 0 Å². The maximum atomic E-state index is 5.52. The van der Waals surface area contributed by atoms with Crippen molar-refractivity contribution in [2.45, 2.75) is 13.1 Å². The molecule has 1 aliphatic heterocycles. The van der Waals surface area contributed by atoms with E-state index in [0.29, 0.717) is 5.95 Å². The topological polar surface area (TPSA) is 35.6 Å². The van der Waals surface area contributed by atoms with Crippen LogP contribution in [0.25, 0.3) is 77.8 Å². The second-order valence-corrected chi connectivity index (χ2v) is 17.3. The van der Waals surface area contributed by atoms with Gasteiger partial charge in [-0.15, -0.1) is 0 Å². The first-order valence-corrected chi connectivity index (χ1v) is 19.2. The van der Waals surface area contributed by atoms with Crippen LogP contribution in [0.4, 0.5) is 0 Å². The first-order chi connectivity index (χ1) is 23.1. The number of para-hydroxylation sites is 3. The second kappa shape index (κ2) is 9.61. The molecule has 0 saturated heterocycles. The molecule has 1 aliphatic rings. The average Bonchev–Trinajstić information content (AvgIpc) is 3.72. The predicted octanol–water partition coefficient (Wildman–Crippen LogP) is 9.14. The molecule has 9 aromatic rings. The van der Waals surface area contributed by atoms with Crippen LogP contribution in [0.3, 0.4) is 0 Å². The normalized spacial score (nSPS) is 13.5. The molecule has 0 radical (unpaired) electrons. The van der Waals surface area contributed by atoms with Gasteiger partial charge < -0.3 is 4.57 Å².